The summed E-state index contributed by atoms with van der Waals surface area (Å²) in [4.78, 5) is 19.8. The first-order chi connectivity index (χ1) is 27.8. The summed E-state index contributed by atoms with van der Waals surface area (Å²) < 4.78 is 4.61. The minimum Gasteiger partial charge on any atom is -0.309 e. The number of hydrogen-bond acceptors (Lipinski definition) is 4. The van der Waals surface area contributed by atoms with Gasteiger partial charge in [0.15, 0.2) is 17.5 Å². The van der Waals surface area contributed by atoms with Gasteiger partial charge in [0.25, 0.3) is 0 Å². The number of para-hydroxylation sites is 2. The molecule has 0 aliphatic rings. The standard InChI is InChI=1S/C50H32N6/c1-4-14-33(15-5-1)47-52-48(34-16-6-2-7-17-34)54-49(53-47)37-18-12-21-39(30-37)55-44-24-11-10-22-40(44)41-27-25-36(32-46(41)55)35-26-28-45-43(31-35)42-23-13-29-51-50(42)56(45)38-19-8-3-9-20-38/h1-32H. The summed E-state index contributed by atoms with van der Waals surface area (Å²) in [6.07, 6.45) is 1.87. The molecular weight excluding hydrogens is 685 g/mol. The van der Waals surface area contributed by atoms with Gasteiger partial charge in [-0.15, -0.1) is 0 Å². The molecule has 0 aliphatic carbocycles. The van der Waals surface area contributed by atoms with Crippen LogP contribution in [0, 0.1) is 0 Å². The lowest BCUT2D eigenvalue weighted by molar-refractivity contribution is 1.07. The van der Waals surface area contributed by atoms with Gasteiger partial charge in [0.2, 0.25) is 0 Å². The maximum absolute atomic E-state index is 5.03. The number of nitrogens with zero attached hydrogens (tertiary/aromatic N) is 6. The van der Waals surface area contributed by atoms with Crippen molar-refractivity contribution in [2.75, 3.05) is 0 Å². The molecule has 4 heterocycles. The normalized spacial score (nSPS) is 11.6. The third-order valence-corrected chi connectivity index (χ3v) is 10.6. The second kappa shape index (κ2) is 13.0. The predicted molar refractivity (Wildman–Crippen MR) is 228 cm³/mol. The molecule has 0 atom stereocenters. The van der Waals surface area contributed by atoms with Gasteiger partial charge in [-0.05, 0) is 71.8 Å². The number of aromatic nitrogens is 6. The lowest BCUT2D eigenvalue weighted by Gasteiger charge is -2.12. The minimum atomic E-state index is 0.624. The van der Waals surface area contributed by atoms with Crippen molar-refractivity contribution in [3.05, 3.63) is 194 Å². The second-order valence-corrected chi connectivity index (χ2v) is 14.0. The molecule has 0 fully saturated rings. The fourth-order valence-corrected chi connectivity index (χ4v) is 8.01. The zero-order chi connectivity index (χ0) is 37.0. The topological polar surface area (TPSA) is 61.4 Å². The number of benzene rings is 7. The van der Waals surface area contributed by atoms with Crippen molar-refractivity contribution in [2.24, 2.45) is 0 Å². The third kappa shape index (κ3) is 5.27. The molecule has 0 saturated carbocycles. The van der Waals surface area contributed by atoms with E-state index in [1.54, 1.807) is 0 Å². The Morgan fingerprint density at radius 3 is 1.61 bits per heavy atom. The van der Waals surface area contributed by atoms with Crippen molar-refractivity contribution in [1.29, 1.82) is 0 Å². The first kappa shape index (κ1) is 31.8. The minimum absolute atomic E-state index is 0.624. The average molecular weight is 717 g/mol. The van der Waals surface area contributed by atoms with Crippen LogP contribution in [-0.4, -0.2) is 29.1 Å². The zero-order valence-corrected chi connectivity index (χ0v) is 30.2. The molecule has 0 bridgehead atoms. The monoisotopic (exact) mass is 716 g/mol. The van der Waals surface area contributed by atoms with E-state index in [2.05, 4.69) is 124 Å². The molecule has 0 amide bonds. The Labute approximate surface area is 322 Å². The van der Waals surface area contributed by atoms with Gasteiger partial charge < -0.3 is 4.57 Å². The van der Waals surface area contributed by atoms with Gasteiger partial charge in [0.1, 0.15) is 5.65 Å². The third-order valence-electron chi connectivity index (χ3n) is 10.6. The Morgan fingerprint density at radius 2 is 0.857 bits per heavy atom. The first-order valence-corrected chi connectivity index (χ1v) is 18.7. The van der Waals surface area contributed by atoms with E-state index in [1.807, 2.05) is 79.0 Å². The van der Waals surface area contributed by atoms with E-state index in [1.165, 1.54) is 16.2 Å². The average Bonchev–Trinajstić information content (AvgIpc) is 3.79. The number of hydrogen-bond donors (Lipinski definition) is 0. The summed E-state index contributed by atoms with van der Waals surface area (Å²) in [6.45, 7) is 0. The van der Waals surface area contributed by atoms with E-state index in [0.29, 0.717) is 17.5 Å². The van der Waals surface area contributed by atoms with Gasteiger partial charge in [0, 0.05) is 55.8 Å². The number of fused-ring (bicyclic) bond motifs is 6. The summed E-state index contributed by atoms with van der Waals surface area (Å²) in [5.41, 5.74) is 11.5. The quantitative estimate of drug-likeness (QED) is 0.172. The Hall–Kier alpha value is -7.70. The van der Waals surface area contributed by atoms with E-state index in [0.717, 1.165) is 66.8 Å². The molecule has 0 aliphatic heterocycles. The van der Waals surface area contributed by atoms with E-state index < -0.39 is 0 Å². The molecule has 0 spiro atoms. The van der Waals surface area contributed by atoms with Gasteiger partial charge >= 0.3 is 0 Å². The van der Waals surface area contributed by atoms with Crippen LogP contribution in [0.15, 0.2) is 194 Å². The highest BCUT2D eigenvalue weighted by atomic mass is 15.1. The van der Waals surface area contributed by atoms with Gasteiger partial charge in [-0.3, -0.25) is 4.57 Å². The van der Waals surface area contributed by atoms with Crippen LogP contribution in [0.1, 0.15) is 0 Å². The molecule has 0 radical (unpaired) electrons. The molecule has 0 unspecified atom stereocenters. The highest BCUT2D eigenvalue weighted by molar-refractivity contribution is 6.12. The summed E-state index contributed by atoms with van der Waals surface area (Å²) in [5, 5.41) is 4.69. The van der Waals surface area contributed by atoms with Crippen molar-refractivity contribution in [3.63, 3.8) is 0 Å². The van der Waals surface area contributed by atoms with Crippen molar-refractivity contribution >= 4 is 43.7 Å². The van der Waals surface area contributed by atoms with Crippen molar-refractivity contribution in [3.8, 4) is 56.7 Å². The van der Waals surface area contributed by atoms with Crippen LogP contribution in [-0.2, 0) is 0 Å². The Balaban J connectivity index is 1.08. The molecule has 6 heteroatoms. The summed E-state index contributed by atoms with van der Waals surface area (Å²) >= 11 is 0. The summed E-state index contributed by atoms with van der Waals surface area (Å²) in [7, 11) is 0. The molecule has 262 valence electrons. The maximum atomic E-state index is 5.03. The highest BCUT2D eigenvalue weighted by Crippen LogP contribution is 2.38. The number of pyridine rings is 1. The van der Waals surface area contributed by atoms with E-state index >= 15 is 0 Å². The van der Waals surface area contributed by atoms with Crippen LogP contribution in [0.2, 0.25) is 0 Å². The second-order valence-electron chi connectivity index (χ2n) is 14.0. The summed E-state index contributed by atoms with van der Waals surface area (Å²) in [5.74, 6) is 1.90. The Bertz CT molecular complexity index is 3180. The van der Waals surface area contributed by atoms with Crippen molar-refractivity contribution in [2.45, 2.75) is 0 Å². The fraction of sp³-hybridized carbons (Fsp3) is 0. The van der Waals surface area contributed by atoms with Crippen LogP contribution in [0.3, 0.4) is 0 Å². The lowest BCUT2D eigenvalue weighted by Crippen LogP contribution is -2.01. The van der Waals surface area contributed by atoms with Crippen LogP contribution in [0.4, 0.5) is 0 Å². The van der Waals surface area contributed by atoms with Crippen molar-refractivity contribution < 1.29 is 0 Å². The first-order valence-electron chi connectivity index (χ1n) is 18.7. The molecular formula is C50H32N6. The Morgan fingerprint density at radius 1 is 0.304 bits per heavy atom. The largest absolute Gasteiger partial charge is 0.309 e. The molecule has 6 nitrogen and oxygen atoms in total. The fourth-order valence-electron chi connectivity index (χ4n) is 8.01. The van der Waals surface area contributed by atoms with Gasteiger partial charge in [-0.1, -0.05) is 127 Å². The lowest BCUT2D eigenvalue weighted by atomic mass is 10.0. The SMILES string of the molecule is c1ccc(-c2nc(-c3ccccc3)nc(-c3cccc(-n4c5ccccc5c5ccc(-c6ccc7c(c6)c6cccnc6n7-c6ccccc6)cc54)c3)n2)cc1. The smallest absolute Gasteiger partial charge is 0.164 e. The predicted octanol–water partition coefficient (Wildman–Crippen LogP) is 12.1. The van der Waals surface area contributed by atoms with Crippen LogP contribution in [0.25, 0.3) is 100 Å². The molecule has 11 aromatic rings. The van der Waals surface area contributed by atoms with Gasteiger partial charge in [-0.25, -0.2) is 19.9 Å². The van der Waals surface area contributed by atoms with Crippen molar-refractivity contribution in [1.82, 2.24) is 29.1 Å². The highest BCUT2D eigenvalue weighted by Gasteiger charge is 2.18. The molecule has 0 saturated heterocycles. The number of rotatable bonds is 6. The van der Waals surface area contributed by atoms with E-state index in [4.69, 9.17) is 19.9 Å². The zero-order valence-electron chi connectivity index (χ0n) is 30.2. The molecule has 56 heavy (non-hydrogen) atoms. The summed E-state index contributed by atoms with van der Waals surface area (Å²) in [6, 6.07) is 65.6. The molecule has 4 aromatic heterocycles. The van der Waals surface area contributed by atoms with Crippen LogP contribution >= 0.6 is 0 Å². The maximum Gasteiger partial charge on any atom is 0.164 e. The van der Waals surface area contributed by atoms with Gasteiger partial charge in [-0.2, -0.15) is 0 Å². The van der Waals surface area contributed by atoms with E-state index in [9.17, 15) is 0 Å². The molecule has 7 aromatic carbocycles. The van der Waals surface area contributed by atoms with Crippen LogP contribution < -0.4 is 0 Å². The van der Waals surface area contributed by atoms with E-state index in [-0.39, 0.29) is 0 Å². The Kier molecular flexibility index (Phi) is 7.38. The van der Waals surface area contributed by atoms with Crippen LogP contribution in [0.5, 0.6) is 0 Å². The molecule has 0 N–H and O–H groups in total. The molecule has 11 rings (SSSR count). The van der Waals surface area contributed by atoms with Gasteiger partial charge in [0.05, 0.1) is 16.6 Å².